The lowest BCUT2D eigenvalue weighted by Gasteiger charge is -2.25. The fourth-order valence-corrected chi connectivity index (χ4v) is 2.39. The molecular formula is C16H23BrN2O2. The molecule has 0 saturated heterocycles. The van der Waals surface area contributed by atoms with Crippen molar-refractivity contribution >= 4 is 33.4 Å². The Kier molecular flexibility index (Phi) is 6.89. The Hall–Kier alpha value is -1.36. The Bertz CT molecular complexity index is 491. The van der Waals surface area contributed by atoms with Crippen LogP contribution in [0.15, 0.2) is 28.7 Å². The van der Waals surface area contributed by atoms with Crippen molar-refractivity contribution in [2.45, 2.75) is 27.7 Å². The quantitative estimate of drug-likeness (QED) is 0.822. The molecule has 1 N–H and O–H groups in total. The Labute approximate surface area is 135 Å². The monoisotopic (exact) mass is 354 g/mol. The molecule has 0 aliphatic heterocycles. The molecule has 0 aliphatic carbocycles. The maximum atomic E-state index is 12.3. The summed E-state index contributed by atoms with van der Waals surface area (Å²) in [4.78, 5) is 26.1. The number of nitrogens with zero attached hydrogens (tertiary/aromatic N) is 1. The van der Waals surface area contributed by atoms with Crippen LogP contribution in [0.25, 0.3) is 0 Å². The molecule has 0 heterocycles. The Morgan fingerprint density at radius 1 is 1.10 bits per heavy atom. The largest absolute Gasteiger partial charge is 0.334 e. The number of amides is 2. The molecule has 0 aliphatic rings. The van der Waals surface area contributed by atoms with E-state index in [0.29, 0.717) is 30.6 Å². The minimum Gasteiger partial charge on any atom is -0.334 e. The van der Waals surface area contributed by atoms with Crippen molar-refractivity contribution in [3.8, 4) is 0 Å². The van der Waals surface area contributed by atoms with E-state index in [9.17, 15) is 9.59 Å². The first-order valence-corrected chi connectivity index (χ1v) is 7.95. The van der Waals surface area contributed by atoms with Gasteiger partial charge in [0.2, 0.25) is 0 Å². The molecule has 4 nitrogen and oxygen atoms in total. The number of benzene rings is 1. The second-order valence-electron chi connectivity index (χ2n) is 5.93. The standard InChI is InChI=1S/C16H23BrN2O2/c1-11(2)9-19(10-12(3)4)16(21)15(20)18-14-8-6-5-7-13(14)17/h5-8,11-12H,9-10H2,1-4H3,(H,18,20). The van der Waals surface area contributed by atoms with Gasteiger partial charge in [0.05, 0.1) is 5.69 Å². The molecule has 0 spiro atoms. The summed E-state index contributed by atoms with van der Waals surface area (Å²) in [5.41, 5.74) is 0.602. The predicted molar refractivity (Wildman–Crippen MR) is 89.0 cm³/mol. The number of nitrogens with one attached hydrogen (secondary N) is 1. The lowest BCUT2D eigenvalue weighted by molar-refractivity contribution is -0.143. The van der Waals surface area contributed by atoms with Gasteiger partial charge in [0.25, 0.3) is 0 Å². The molecule has 0 fully saturated rings. The van der Waals surface area contributed by atoms with Gasteiger partial charge in [-0.25, -0.2) is 0 Å². The van der Waals surface area contributed by atoms with E-state index in [1.54, 1.807) is 11.0 Å². The number of carbonyl (C=O) groups excluding carboxylic acids is 2. The molecule has 1 rings (SSSR count). The van der Waals surface area contributed by atoms with Crippen molar-refractivity contribution in [2.24, 2.45) is 11.8 Å². The summed E-state index contributed by atoms with van der Waals surface area (Å²) in [6.45, 7) is 9.30. The average molecular weight is 355 g/mol. The molecule has 0 atom stereocenters. The minimum atomic E-state index is -0.594. The SMILES string of the molecule is CC(C)CN(CC(C)C)C(=O)C(=O)Nc1ccccc1Br. The van der Waals surface area contributed by atoms with Crippen molar-refractivity contribution in [2.75, 3.05) is 18.4 Å². The number of rotatable bonds is 5. The van der Waals surface area contributed by atoms with Gasteiger partial charge < -0.3 is 10.2 Å². The second-order valence-corrected chi connectivity index (χ2v) is 6.79. The third-order valence-electron chi connectivity index (χ3n) is 2.77. The van der Waals surface area contributed by atoms with Crippen LogP contribution in [0.4, 0.5) is 5.69 Å². The zero-order valence-electron chi connectivity index (χ0n) is 13.0. The molecule has 0 saturated carbocycles. The number of carbonyl (C=O) groups is 2. The van der Waals surface area contributed by atoms with Gasteiger partial charge in [0.15, 0.2) is 0 Å². The van der Waals surface area contributed by atoms with Crippen LogP contribution in [0.1, 0.15) is 27.7 Å². The van der Waals surface area contributed by atoms with Crippen LogP contribution in [-0.2, 0) is 9.59 Å². The van der Waals surface area contributed by atoms with E-state index >= 15 is 0 Å². The molecule has 0 bridgehead atoms. The molecule has 0 unspecified atom stereocenters. The molecule has 2 amide bonds. The third kappa shape index (κ3) is 5.87. The summed E-state index contributed by atoms with van der Waals surface area (Å²) in [6, 6.07) is 7.24. The smallest absolute Gasteiger partial charge is 0.313 e. The molecule has 1 aromatic rings. The van der Waals surface area contributed by atoms with Crippen molar-refractivity contribution < 1.29 is 9.59 Å². The van der Waals surface area contributed by atoms with Crippen molar-refractivity contribution in [3.63, 3.8) is 0 Å². The summed E-state index contributed by atoms with van der Waals surface area (Å²) in [7, 11) is 0. The molecule has 0 radical (unpaired) electrons. The van der Waals surface area contributed by atoms with Crippen molar-refractivity contribution in [1.29, 1.82) is 0 Å². The topological polar surface area (TPSA) is 49.4 Å². The van der Waals surface area contributed by atoms with Gasteiger partial charge >= 0.3 is 11.8 Å². The lowest BCUT2D eigenvalue weighted by Crippen LogP contribution is -2.43. The Morgan fingerprint density at radius 2 is 1.62 bits per heavy atom. The van der Waals surface area contributed by atoms with Crippen molar-refractivity contribution in [1.82, 2.24) is 4.90 Å². The van der Waals surface area contributed by atoms with Gasteiger partial charge in [0.1, 0.15) is 0 Å². The van der Waals surface area contributed by atoms with Crippen LogP contribution in [0.5, 0.6) is 0 Å². The molecule has 21 heavy (non-hydrogen) atoms. The van der Waals surface area contributed by atoms with E-state index in [2.05, 4.69) is 21.2 Å². The Morgan fingerprint density at radius 3 is 2.10 bits per heavy atom. The highest BCUT2D eigenvalue weighted by Gasteiger charge is 2.23. The maximum Gasteiger partial charge on any atom is 0.313 e. The second kappa shape index (κ2) is 8.17. The fraction of sp³-hybridized carbons (Fsp3) is 0.500. The third-order valence-corrected chi connectivity index (χ3v) is 3.47. The van der Waals surface area contributed by atoms with Crippen LogP contribution in [0, 0.1) is 11.8 Å². The van der Waals surface area contributed by atoms with E-state index in [1.165, 1.54) is 0 Å². The summed E-state index contributed by atoms with van der Waals surface area (Å²) in [5.74, 6) is -0.427. The fourth-order valence-electron chi connectivity index (χ4n) is 2.00. The first-order chi connectivity index (χ1) is 9.81. The van der Waals surface area contributed by atoms with Crippen LogP contribution in [-0.4, -0.2) is 29.8 Å². The van der Waals surface area contributed by atoms with Gasteiger partial charge in [-0.2, -0.15) is 0 Å². The molecule has 116 valence electrons. The van der Waals surface area contributed by atoms with E-state index in [4.69, 9.17) is 0 Å². The highest BCUT2D eigenvalue weighted by molar-refractivity contribution is 9.10. The first-order valence-electron chi connectivity index (χ1n) is 7.16. The molecule has 5 heteroatoms. The van der Waals surface area contributed by atoms with Crippen LogP contribution >= 0.6 is 15.9 Å². The highest BCUT2D eigenvalue weighted by atomic mass is 79.9. The predicted octanol–water partition coefficient (Wildman–Crippen LogP) is 3.53. The first kappa shape index (κ1) is 17.7. The number of halogens is 1. The molecular weight excluding hydrogens is 332 g/mol. The van der Waals surface area contributed by atoms with Crippen LogP contribution < -0.4 is 5.32 Å². The van der Waals surface area contributed by atoms with Crippen LogP contribution in [0.2, 0.25) is 0 Å². The average Bonchev–Trinajstić information content (AvgIpc) is 2.38. The van der Waals surface area contributed by atoms with Gasteiger partial charge in [-0.1, -0.05) is 39.8 Å². The van der Waals surface area contributed by atoms with E-state index in [0.717, 1.165) is 4.47 Å². The maximum absolute atomic E-state index is 12.3. The van der Waals surface area contributed by atoms with Crippen LogP contribution in [0.3, 0.4) is 0 Å². The summed E-state index contributed by atoms with van der Waals surface area (Å²) < 4.78 is 0.755. The van der Waals surface area contributed by atoms with E-state index in [-0.39, 0.29) is 0 Å². The summed E-state index contributed by atoms with van der Waals surface area (Å²) >= 11 is 3.35. The van der Waals surface area contributed by atoms with Gasteiger partial charge in [0, 0.05) is 17.6 Å². The van der Waals surface area contributed by atoms with Gasteiger partial charge in [-0.3, -0.25) is 9.59 Å². The number of anilines is 1. The van der Waals surface area contributed by atoms with Gasteiger partial charge in [-0.15, -0.1) is 0 Å². The number of hydrogen-bond donors (Lipinski definition) is 1. The zero-order chi connectivity index (χ0) is 16.0. The van der Waals surface area contributed by atoms with E-state index < -0.39 is 11.8 Å². The van der Waals surface area contributed by atoms with Crippen molar-refractivity contribution in [3.05, 3.63) is 28.7 Å². The highest BCUT2D eigenvalue weighted by Crippen LogP contribution is 2.21. The zero-order valence-corrected chi connectivity index (χ0v) is 14.6. The normalized spacial score (nSPS) is 10.8. The lowest BCUT2D eigenvalue weighted by atomic mass is 10.1. The summed E-state index contributed by atoms with van der Waals surface area (Å²) in [5, 5.41) is 2.66. The number of hydrogen-bond acceptors (Lipinski definition) is 2. The Balaban J connectivity index is 2.78. The van der Waals surface area contributed by atoms with Gasteiger partial charge in [-0.05, 0) is 39.9 Å². The van der Waals surface area contributed by atoms with E-state index in [1.807, 2.05) is 45.9 Å². The molecule has 0 aromatic heterocycles. The summed E-state index contributed by atoms with van der Waals surface area (Å²) in [6.07, 6.45) is 0. The molecule has 1 aromatic carbocycles. The number of para-hydroxylation sites is 1. The minimum absolute atomic E-state index is 0.323.